The molecule has 7 heavy (non-hydrogen) atoms. The molecule has 0 amide bonds. The number of nitrogens with zero attached hydrogens (tertiary/aromatic N) is 2. The Bertz CT molecular complexity index is 127. The molecule has 0 aliphatic heterocycles. The maximum atomic E-state index is 4.64. The van der Waals surface area contributed by atoms with Gasteiger partial charge in [0, 0.05) is 0 Å². The van der Waals surface area contributed by atoms with Crippen LogP contribution in [0.5, 0.6) is 0 Å². The summed E-state index contributed by atoms with van der Waals surface area (Å²) in [7, 11) is 0. The first-order valence-electron chi connectivity index (χ1n) is 1.56. The normalized spacial score (nSPS) is 8.71. The van der Waals surface area contributed by atoms with Crippen LogP contribution in [0.25, 0.3) is 0 Å². The number of aromatic nitrogens is 2. The van der Waals surface area contributed by atoms with Gasteiger partial charge in [0.25, 0.3) is 0 Å². The standard InChI is InChI=1S/C2H2IN3O/c3-5-2-6-4-1-7-2/h1H,(H,5,6). The van der Waals surface area contributed by atoms with Crippen LogP contribution in [-0.4, -0.2) is 10.2 Å². The van der Waals surface area contributed by atoms with Gasteiger partial charge in [-0.1, -0.05) is 5.10 Å². The van der Waals surface area contributed by atoms with E-state index >= 15 is 0 Å². The Hall–Kier alpha value is -0.330. The first-order valence-corrected chi connectivity index (χ1v) is 2.64. The largest absolute Gasteiger partial charge is 0.410 e. The van der Waals surface area contributed by atoms with Gasteiger partial charge < -0.3 is 4.42 Å². The van der Waals surface area contributed by atoms with Crippen LogP contribution in [0.2, 0.25) is 0 Å². The molecule has 0 radical (unpaired) electrons. The SMILES string of the molecule is INc1nnco1. The Morgan fingerprint density at radius 2 is 2.71 bits per heavy atom. The number of hydrogen-bond acceptors (Lipinski definition) is 4. The molecule has 0 saturated heterocycles. The van der Waals surface area contributed by atoms with E-state index < -0.39 is 0 Å². The number of nitrogens with one attached hydrogen (secondary N) is 1. The lowest BCUT2D eigenvalue weighted by Gasteiger charge is -1.78. The van der Waals surface area contributed by atoms with Crippen molar-refractivity contribution in [2.75, 3.05) is 3.53 Å². The first kappa shape index (κ1) is 4.82. The van der Waals surface area contributed by atoms with E-state index in [1.807, 2.05) is 22.9 Å². The van der Waals surface area contributed by atoms with Crippen molar-refractivity contribution < 1.29 is 4.42 Å². The van der Waals surface area contributed by atoms with Crippen LogP contribution in [0.1, 0.15) is 0 Å². The lowest BCUT2D eigenvalue weighted by molar-refractivity contribution is 0.575. The van der Waals surface area contributed by atoms with Crippen LogP contribution in [-0.2, 0) is 0 Å². The lowest BCUT2D eigenvalue weighted by atomic mass is 11.2. The highest BCUT2D eigenvalue weighted by Gasteiger charge is 1.87. The Labute approximate surface area is 53.8 Å². The van der Waals surface area contributed by atoms with Gasteiger partial charge in [-0.2, -0.15) is 0 Å². The van der Waals surface area contributed by atoms with Crippen molar-refractivity contribution in [3.63, 3.8) is 0 Å². The van der Waals surface area contributed by atoms with Gasteiger partial charge in [0.2, 0.25) is 6.39 Å². The zero-order valence-corrected chi connectivity index (χ0v) is 5.42. The molecule has 0 bridgehead atoms. The summed E-state index contributed by atoms with van der Waals surface area (Å²) in [5.41, 5.74) is 0. The van der Waals surface area contributed by atoms with Crippen molar-refractivity contribution in [1.29, 1.82) is 0 Å². The molecule has 5 heteroatoms. The molecule has 0 atom stereocenters. The molecule has 38 valence electrons. The number of rotatable bonds is 1. The minimum atomic E-state index is 0.431. The molecule has 1 heterocycles. The van der Waals surface area contributed by atoms with E-state index in [4.69, 9.17) is 0 Å². The highest BCUT2D eigenvalue weighted by Crippen LogP contribution is 1.99. The average molecular weight is 211 g/mol. The topological polar surface area (TPSA) is 51.0 Å². The molecule has 0 unspecified atom stereocenters. The average Bonchev–Trinajstić information content (AvgIpc) is 2.14. The summed E-state index contributed by atoms with van der Waals surface area (Å²) in [6.45, 7) is 0. The fourth-order valence-corrected chi connectivity index (χ4v) is 0.449. The summed E-state index contributed by atoms with van der Waals surface area (Å²) in [5.74, 6) is 0. The molecule has 1 aromatic rings. The second-order valence-corrected chi connectivity index (χ2v) is 1.38. The zero-order chi connectivity index (χ0) is 5.11. The monoisotopic (exact) mass is 211 g/mol. The maximum Gasteiger partial charge on any atom is 0.324 e. The van der Waals surface area contributed by atoms with E-state index in [0.717, 1.165) is 0 Å². The van der Waals surface area contributed by atoms with Gasteiger partial charge >= 0.3 is 6.01 Å². The van der Waals surface area contributed by atoms with Gasteiger partial charge in [-0.05, 0) is 0 Å². The fraction of sp³-hybridized carbons (Fsp3) is 0. The molecule has 0 saturated carbocycles. The second kappa shape index (κ2) is 2.10. The number of halogens is 1. The molecule has 0 aromatic carbocycles. The van der Waals surface area contributed by atoms with Gasteiger partial charge in [0.1, 0.15) is 0 Å². The quantitative estimate of drug-likeness (QED) is 0.552. The molecule has 0 aliphatic rings. The second-order valence-electron chi connectivity index (χ2n) is 0.838. The van der Waals surface area contributed by atoms with Gasteiger partial charge in [-0.25, -0.2) is 0 Å². The van der Waals surface area contributed by atoms with Crippen molar-refractivity contribution in [2.45, 2.75) is 0 Å². The Morgan fingerprint density at radius 3 is 3.00 bits per heavy atom. The summed E-state index contributed by atoms with van der Waals surface area (Å²) >= 11 is 1.90. The Kier molecular flexibility index (Phi) is 1.45. The molecule has 4 nitrogen and oxygen atoms in total. The van der Waals surface area contributed by atoms with Crippen LogP contribution < -0.4 is 3.53 Å². The first-order chi connectivity index (χ1) is 3.43. The van der Waals surface area contributed by atoms with Crippen LogP contribution in [0.15, 0.2) is 10.8 Å². The van der Waals surface area contributed by atoms with Gasteiger partial charge in [0.05, 0.1) is 22.9 Å². The summed E-state index contributed by atoms with van der Waals surface area (Å²) in [6, 6.07) is 0.431. The van der Waals surface area contributed by atoms with E-state index in [1.165, 1.54) is 6.39 Å². The number of anilines is 1. The third-order valence-electron chi connectivity index (χ3n) is 0.441. The minimum Gasteiger partial charge on any atom is -0.410 e. The van der Waals surface area contributed by atoms with Gasteiger partial charge in [-0.15, -0.1) is 5.10 Å². The zero-order valence-electron chi connectivity index (χ0n) is 3.26. The summed E-state index contributed by atoms with van der Waals surface area (Å²) in [6.07, 6.45) is 1.26. The molecule has 1 rings (SSSR count). The smallest absolute Gasteiger partial charge is 0.324 e. The van der Waals surface area contributed by atoms with Crippen molar-refractivity contribution >= 4 is 28.9 Å². The van der Waals surface area contributed by atoms with Gasteiger partial charge in [-0.3, -0.25) is 3.53 Å². The highest BCUT2D eigenvalue weighted by atomic mass is 127. The van der Waals surface area contributed by atoms with Crippen molar-refractivity contribution in [1.82, 2.24) is 10.2 Å². The van der Waals surface area contributed by atoms with Crippen LogP contribution in [0.3, 0.4) is 0 Å². The summed E-state index contributed by atoms with van der Waals surface area (Å²) in [5, 5.41) is 6.91. The molecule has 0 fully saturated rings. The highest BCUT2D eigenvalue weighted by molar-refractivity contribution is 14.1. The molecule has 1 aromatic heterocycles. The summed E-state index contributed by atoms with van der Waals surface area (Å²) < 4.78 is 7.28. The van der Waals surface area contributed by atoms with E-state index in [2.05, 4.69) is 18.1 Å². The van der Waals surface area contributed by atoms with Crippen LogP contribution >= 0.6 is 22.9 Å². The van der Waals surface area contributed by atoms with E-state index in [-0.39, 0.29) is 0 Å². The molecular weight excluding hydrogens is 209 g/mol. The number of hydrogen-bond donors (Lipinski definition) is 1. The van der Waals surface area contributed by atoms with E-state index in [9.17, 15) is 0 Å². The molecule has 0 spiro atoms. The summed E-state index contributed by atoms with van der Waals surface area (Å²) in [4.78, 5) is 0. The lowest BCUT2D eigenvalue weighted by Crippen LogP contribution is -1.75. The predicted octanol–water partition coefficient (Wildman–Crippen LogP) is 0.831. The van der Waals surface area contributed by atoms with Crippen LogP contribution in [0, 0.1) is 0 Å². The predicted molar refractivity (Wildman–Crippen MR) is 31.9 cm³/mol. The van der Waals surface area contributed by atoms with Gasteiger partial charge in [0.15, 0.2) is 0 Å². The van der Waals surface area contributed by atoms with Crippen molar-refractivity contribution in [3.8, 4) is 0 Å². The minimum absolute atomic E-state index is 0.431. The Morgan fingerprint density at radius 1 is 1.86 bits per heavy atom. The van der Waals surface area contributed by atoms with Crippen molar-refractivity contribution in [3.05, 3.63) is 6.39 Å². The van der Waals surface area contributed by atoms with E-state index in [0.29, 0.717) is 6.01 Å². The molecule has 0 aliphatic carbocycles. The van der Waals surface area contributed by atoms with Crippen LogP contribution in [0.4, 0.5) is 6.01 Å². The van der Waals surface area contributed by atoms with Crippen molar-refractivity contribution in [2.24, 2.45) is 0 Å². The fourth-order valence-electron chi connectivity index (χ4n) is 0.214. The third-order valence-corrected chi connectivity index (χ3v) is 0.902. The third kappa shape index (κ3) is 1.02. The molecular formula is C2H2IN3O. The Balaban J connectivity index is 2.76. The maximum absolute atomic E-state index is 4.64. The molecule has 1 N–H and O–H groups in total. The van der Waals surface area contributed by atoms with E-state index in [1.54, 1.807) is 0 Å².